The summed E-state index contributed by atoms with van der Waals surface area (Å²) in [6, 6.07) is 7.46. The number of hydrogen-bond donors (Lipinski definition) is 2. The van der Waals surface area contributed by atoms with Crippen LogP contribution in [0.4, 0.5) is 0 Å². The minimum absolute atomic E-state index is 0.0211. The maximum atomic E-state index is 12.0. The highest BCUT2D eigenvalue weighted by molar-refractivity contribution is 6.30. The fourth-order valence-electron chi connectivity index (χ4n) is 2.40. The van der Waals surface area contributed by atoms with Crippen LogP contribution in [0.5, 0.6) is 0 Å². The lowest BCUT2D eigenvalue weighted by Crippen LogP contribution is -2.43. The van der Waals surface area contributed by atoms with Crippen LogP contribution in [-0.2, 0) is 16.1 Å². The predicted molar refractivity (Wildman–Crippen MR) is 80.1 cm³/mol. The number of amides is 1. The molecule has 2 N–H and O–H groups in total. The lowest BCUT2D eigenvalue weighted by Gasteiger charge is -2.30. The first kappa shape index (κ1) is 15.8. The lowest BCUT2D eigenvalue weighted by atomic mass is 9.97. The summed E-state index contributed by atoms with van der Waals surface area (Å²) in [4.78, 5) is 24.6. The van der Waals surface area contributed by atoms with Crippen molar-refractivity contribution in [3.63, 3.8) is 0 Å². The smallest absolute Gasteiger partial charge is 0.306 e. The fraction of sp³-hybridized carbons (Fsp3) is 0.467. The highest BCUT2D eigenvalue weighted by Crippen LogP contribution is 2.17. The molecule has 0 saturated carbocycles. The Morgan fingerprint density at radius 2 is 1.86 bits per heavy atom. The van der Waals surface area contributed by atoms with Crippen LogP contribution in [0.25, 0.3) is 0 Å². The van der Waals surface area contributed by atoms with Crippen LogP contribution in [0, 0.1) is 5.92 Å². The number of carboxylic acids is 1. The first-order chi connectivity index (χ1) is 10.1. The molecular formula is C15H19ClN2O3. The molecule has 0 atom stereocenters. The van der Waals surface area contributed by atoms with Gasteiger partial charge < -0.3 is 15.3 Å². The zero-order chi connectivity index (χ0) is 15.2. The van der Waals surface area contributed by atoms with E-state index < -0.39 is 5.97 Å². The molecule has 0 radical (unpaired) electrons. The van der Waals surface area contributed by atoms with Crippen LogP contribution >= 0.6 is 11.6 Å². The summed E-state index contributed by atoms with van der Waals surface area (Å²) in [5.41, 5.74) is 1.07. The highest BCUT2D eigenvalue weighted by atomic mass is 35.5. The topological polar surface area (TPSA) is 69.6 Å². The third kappa shape index (κ3) is 4.72. The summed E-state index contributed by atoms with van der Waals surface area (Å²) >= 11 is 5.81. The Labute approximate surface area is 128 Å². The maximum Gasteiger partial charge on any atom is 0.306 e. The second kappa shape index (κ2) is 7.43. The van der Waals surface area contributed by atoms with Crippen LogP contribution in [0.15, 0.2) is 24.3 Å². The number of nitrogens with one attached hydrogen (secondary N) is 1. The van der Waals surface area contributed by atoms with E-state index in [1.807, 2.05) is 24.3 Å². The summed E-state index contributed by atoms with van der Waals surface area (Å²) in [6.07, 6.45) is 1.08. The Bertz CT molecular complexity index is 496. The molecule has 1 heterocycles. The maximum absolute atomic E-state index is 12.0. The number of carbonyl (C=O) groups excluding carboxylic acids is 1. The van der Waals surface area contributed by atoms with Crippen molar-refractivity contribution >= 4 is 23.5 Å². The van der Waals surface area contributed by atoms with E-state index in [4.69, 9.17) is 16.7 Å². The van der Waals surface area contributed by atoms with Gasteiger partial charge in [-0.1, -0.05) is 23.7 Å². The summed E-state index contributed by atoms with van der Waals surface area (Å²) in [5, 5.41) is 12.7. The largest absolute Gasteiger partial charge is 0.481 e. The van der Waals surface area contributed by atoms with Gasteiger partial charge in [-0.2, -0.15) is 0 Å². The number of carbonyl (C=O) groups is 2. The van der Waals surface area contributed by atoms with Gasteiger partial charge >= 0.3 is 5.97 Å². The van der Waals surface area contributed by atoms with E-state index >= 15 is 0 Å². The quantitative estimate of drug-likeness (QED) is 0.869. The van der Waals surface area contributed by atoms with Gasteiger partial charge in [0.2, 0.25) is 5.91 Å². The molecule has 6 heteroatoms. The molecule has 1 aliphatic heterocycles. The first-order valence-electron chi connectivity index (χ1n) is 7.02. The Kier molecular flexibility index (Phi) is 5.59. The van der Waals surface area contributed by atoms with E-state index in [9.17, 15) is 9.59 Å². The molecule has 1 saturated heterocycles. The number of carboxylic acid groups (broad SMARTS) is 1. The van der Waals surface area contributed by atoms with Crippen molar-refractivity contribution in [3.05, 3.63) is 34.9 Å². The number of likely N-dealkylation sites (tertiary alicyclic amines) is 1. The van der Waals surface area contributed by atoms with Crippen molar-refractivity contribution in [2.45, 2.75) is 19.4 Å². The molecule has 21 heavy (non-hydrogen) atoms. The Hall–Kier alpha value is -1.59. The zero-order valence-electron chi connectivity index (χ0n) is 11.7. The van der Waals surface area contributed by atoms with Gasteiger partial charge in [0.1, 0.15) is 0 Å². The zero-order valence-corrected chi connectivity index (χ0v) is 12.5. The van der Waals surface area contributed by atoms with Crippen LogP contribution in [0.1, 0.15) is 18.4 Å². The highest BCUT2D eigenvalue weighted by Gasteiger charge is 2.26. The molecule has 2 rings (SSSR count). The Morgan fingerprint density at radius 1 is 1.24 bits per heavy atom. The van der Waals surface area contributed by atoms with E-state index in [2.05, 4.69) is 5.32 Å². The third-order valence-electron chi connectivity index (χ3n) is 3.72. The van der Waals surface area contributed by atoms with Gasteiger partial charge in [-0.25, -0.2) is 0 Å². The second-order valence-electron chi connectivity index (χ2n) is 5.22. The van der Waals surface area contributed by atoms with Crippen molar-refractivity contribution in [1.29, 1.82) is 0 Å². The molecule has 1 amide bonds. The van der Waals surface area contributed by atoms with Gasteiger partial charge in [-0.05, 0) is 30.5 Å². The monoisotopic (exact) mass is 310 g/mol. The first-order valence-corrected chi connectivity index (χ1v) is 7.40. The normalized spacial score (nSPS) is 16.0. The molecule has 1 aromatic rings. The van der Waals surface area contributed by atoms with Crippen molar-refractivity contribution in [2.75, 3.05) is 19.6 Å². The minimum Gasteiger partial charge on any atom is -0.481 e. The minimum atomic E-state index is -0.761. The van der Waals surface area contributed by atoms with Crippen molar-refractivity contribution in [3.8, 4) is 0 Å². The van der Waals surface area contributed by atoms with Gasteiger partial charge in [0, 0.05) is 24.7 Å². The van der Waals surface area contributed by atoms with E-state index in [1.54, 1.807) is 4.90 Å². The van der Waals surface area contributed by atoms with E-state index in [0.717, 1.165) is 5.56 Å². The van der Waals surface area contributed by atoms with E-state index in [-0.39, 0.29) is 18.4 Å². The molecule has 0 aliphatic carbocycles. The van der Waals surface area contributed by atoms with Crippen LogP contribution in [0.2, 0.25) is 5.02 Å². The van der Waals surface area contributed by atoms with E-state index in [0.29, 0.717) is 37.5 Å². The fourth-order valence-corrected chi connectivity index (χ4v) is 2.53. The number of hydrogen-bond acceptors (Lipinski definition) is 3. The number of benzene rings is 1. The van der Waals surface area contributed by atoms with Crippen molar-refractivity contribution in [1.82, 2.24) is 10.2 Å². The summed E-state index contributed by atoms with van der Waals surface area (Å²) in [7, 11) is 0. The number of nitrogens with zero attached hydrogens (tertiary/aromatic N) is 1. The molecule has 1 aliphatic rings. The Morgan fingerprint density at radius 3 is 2.43 bits per heavy atom. The van der Waals surface area contributed by atoms with Gasteiger partial charge in [0.15, 0.2) is 0 Å². The van der Waals surface area contributed by atoms with Gasteiger partial charge in [0.05, 0.1) is 12.5 Å². The number of piperidine rings is 1. The summed E-state index contributed by atoms with van der Waals surface area (Å²) in [5.74, 6) is -1.05. The Balaban J connectivity index is 1.70. The van der Waals surface area contributed by atoms with Gasteiger partial charge in [-0.3, -0.25) is 9.59 Å². The summed E-state index contributed by atoms with van der Waals surface area (Å²) < 4.78 is 0. The van der Waals surface area contributed by atoms with Crippen LogP contribution in [-0.4, -0.2) is 41.5 Å². The predicted octanol–water partition coefficient (Wildman–Crippen LogP) is 1.75. The average molecular weight is 311 g/mol. The molecular weight excluding hydrogens is 292 g/mol. The third-order valence-corrected chi connectivity index (χ3v) is 3.97. The van der Waals surface area contributed by atoms with Crippen molar-refractivity contribution < 1.29 is 14.7 Å². The SMILES string of the molecule is O=C(O)C1CCN(C(=O)CNCc2ccc(Cl)cc2)CC1. The number of halogens is 1. The molecule has 0 unspecified atom stereocenters. The standard InChI is InChI=1S/C15H19ClN2O3/c16-13-3-1-11(2-4-13)9-17-10-14(19)18-7-5-12(6-8-18)15(20)21/h1-4,12,17H,5-10H2,(H,20,21). The van der Waals surface area contributed by atoms with Crippen LogP contribution in [0.3, 0.4) is 0 Å². The van der Waals surface area contributed by atoms with Gasteiger partial charge in [-0.15, -0.1) is 0 Å². The molecule has 1 fully saturated rings. The number of rotatable bonds is 5. The molecule has 0 bridgehead atoms. The summed E-state index contributed by atoms with van der Waals surface area (Å²) in [6.45, 7) is 1.92. The lowest BCUT2D eigenvalue weighted by molar-refractivity contribution is -0.145. The van der Waals surface area contributed by atoms with Crippen molar-refractivity contribution in [2.24, 2.45) is 5.92 Å². The molecule has 0 spiro atoms. The second-order valence-corrected chi connectivity index (χ2v) is 5.66. The molecule has 0 aromatic heterocycles. The average Bonchev–Trinajstić information content (AvgIpc) is 2.49. The molecule has 5 nitrogen and oxygen atoms in total. The molecule has 1 aromatic carbocycles. The van der Waals surface area contributed by atoms with Gasteiger partial charge in [0.25, 0.3) is 0 Å². The number of aliphatic carboxylic acids is 1. The van der Waals surface area contributed by atoms with Crippen LogP contribution < -0.4 is 5.32 Å². The molecule has 114 valence electrons. The van der Waals surface area contributed by atoms with E-state index in [1.165, 1.54) is 0 Å².